The van der Waals surface area contributed by atoms with Gasteiger partial charge < -0.3 is 10.2 Å². The molecule has 5 heteroatoms. The quantitative estimate of drug-likeness (QED) is 0.936. The zero-order valence-corrected chi connectivity index (χ0v) is 12.0. The summed E-state index contributed by atoms with van der Waals surface area (Å²) in [5.74, 6) is -0.260. The number of hydrogen-bond donors (Lipinski definition) is 1. The van der Waals surface area contributed by atoms with Gasteiger partial charge in [-0.15, -0.1) is 0 Å². The highest BCUT2D eigenvalue weighted by molar-refractivity contribution is 5.96. The number of rotatable bonds is 4. The van der Waals surface area contributed by atoms with E-state index in [9.17, 15) is 9.59 Å². The summed E-state index contributed by atoms with van der Waals surface area (Å²) < 4.78 is 0. The molecular formula is C16H17N3O2. The van der Waals surface area contributed by atoms with Gasteiger partial charge in [0.1, 0.15) is 0 Å². The Labute approximate surface area is 123 Å². The Morgan fingerprint density at radius 3 is 2.57 bits per heavy atom. The molecule has 0 radical (unpaired) electrons. The van der Waals surface area contributed by atoms with Gasteiger partial charge in [0.25, 0.3) is 5.91 Å². The molecule has 108 valence electrons. The summed E-state index contributed by atoms with van der Waals surface area (Å²) in [5.41, 5.74) is 2.17. The molecule has 0 aliphatic rings. The number of nitrogens with zero attached hydrogens (tertiary/aromatic N) is 2. The van der Waals surface area contributed by atoms with Crippen molar-refractivity contribution in [2.24, 2.45) is 0 Å². The SMILES string of the molecule is CC(=O)Nc1cccc(C(=O)N(C)Cc2ccncc2)c1. The van der Waals surface area contributed by atoms with Crippen LogP contribution in [0.15, 0.2) is 48.8 Å². The van der Waals surface area contributed by atoms with Crippen molar-refractivity contribution in [1.82, 2.24) is 9.88 Å². The molecular weight excluding hydrogens is 266 g/mol. The van der Waals surface area contributed by atoms with Gasteiger partial charge in [-0.25, -0.2) is 0 Å². The Kier molecular flexibility index (Phi) is 4.66. The average molecular weight is 283 g/mol. The first-order valence-electron chi connectivity index (χ1n) is 6.58. The van der Waals surface area contributed by atoms with E-state index in [1.54, 1.807) is 48.6 Å². The summed E-state index contributed by atoms with van der Waals surface area (Å²) in [6.45, 7) is 1.94. The first-order valence-corrected chi connectivity index (χ1v) is 6.58. The summed E-state index contributed by atoms with van der Waals surface area (Å²) >= 11 is 0. The van der Waals surface area contributed by atoms with Crippen molar-refractivity contribution in [3.8, 4) is 0 Å². The summed E-state index contributed by atoms with van der Waals surface area (Å²) in [4.78, 5) is 29.0. The summed E-state index contributed by atoms with van der Waals surface area (Å²) in [5, 5.41) is 2.67. The Bertz CT molecular complexity index is 641. The van der Waals surface area contributed by atoms with Gasteiger partial charge in [-0.3, -0.25) is 14.6 Å². The maximum absolute atomic E-state index is 12.4. The van der Waals surface area contributed by atoms with Crippen LogP contribution in [-0.4, -0.2) is 28.7 Å². The van der Waals surface area contributed by atoms with Crippen molar-refractivity contribution >= 4 is 17.5 Å². The van der Waals surface area contributed by atoms with Crippen molar-refractivity contribution in [1.29, 1.82) is 0 Å². The van der Waals surface area contributed by atoms with Gasteiger partial charge in [0, 0.05) is 44.2 Å². The van der Waals surface area contributed by atoms with Crippen LogP contribution in [0.1, 0.15) is 22.8 Å². The standard InChI is InChI=1S/C16H17N3O2/c1-12(20)18-15-5-3-4-14(10-15)16(21)19(2)11-13-6-8-17-9-7-13/h3-10H,11H2,1-2H3,(H,18,20). The Morgan fingerprint density at radius 1 is 1.19 bits per heavy atom. The predicted molar refractivity (Wildman–Crippen MR) is 80.8 cm³/mol. The van der Waals surface area contributed by atoms with Gasteiger partial charge in [0.2, 0.25) is 5.91 Å². The molecule has 2 rings (SSSR count). The number of pyridine rings is 1. The molecule has 0 spiro atoms. The van der Waals surface area contributed by atoms with Gasteiger partial charge in [-0.05, 0) is 35.9 Å². The van der Waals surface area contributed by atoms with E-state index in [1.807, 2.05) is 12.1 Å². The fourth-order valence-electron chi connectivity index (χ4n) is 1.99. The topological polar surface area (TPSA) is 62.3 Å². The molecule has 1 aromatic heterocycles. The van der Waals surface area contributed by atoms with Crippen molar-refractivity contribution in [2.45, 2.75) is 13.5 Å². The summed E-state index contributed by atoms with van der Waals surface area (Å²) in [6, 6.07) is 10.7. The number of anilines is 1. The number of amides is 2. The van der Waals surface area contributed by atoms with E-state index >= 15 is 0 Å². The van der Waals surface area contributed by atoms with Crippen molar-refractivity contribution in [2.75, 3.05) is 12.4 Å². The Morgan fingerprint density at radius 2 is 1.90 bits per heavy atom. The minimum atomic E-state index is -0.162. The fourth-order valence-corrected chi connectivity index (χ4v) is 1.99. The van der Waals surface area contributed by atoms with E-state index in [-0.39, 0.29) is 11.8 Å². The number of hydrogen-bond acceptors (Lipinski definition) is 3. The lowest BCUT2D eigenvalue weighted by Crippen LogP contribution is -2.26. The molecule has 21 heavy (non-hydrogen) atoms. The van der Waals surface area contributed by atoms with Gasteiger partial charge in [-0.2, -0.15) is 0 Å². The van der Waals surface area contributed by atoms with E-state index in [0.717, 1.165) is 5.56 Å². The predicted octanol–water partition coefficient (Wildman–Crippen LogP) is 2.31. The number of aromatic nitrogens is 1. The van der Waals surface area contributed by atoms with Crippen LogP contribution in [0.4, 0.5) is 5.69 Å². The van der Waals surface area contributed by atoms with Crippen LogP contribution >= 0.6 is 0 Å². The molecule has 0 fully saturated rings. The molecule has 0 atom stereocenters. The Balaban J connectivity index is 2.10. The van der Waals surface area contributed by atoms with Crippen LogP contribution in [0.2, 0.25) is 0 Å². The highest BCUT2D eigenvalue weighted by Crippen LogP contribution is 2.13. The lowest BCUT2D eigenvalue weighted by atomic mass is 10.1. The third-order valence-corrected chi connectivity index (χ3v) is 2.95. The maximum Gasteiger partial charge on any atom is 0.253 e. The molecule has 0 aliphatic heterocycles. The second-order valence-corrected chi connectivity index (χ2v) is 4.78. The van der Waals surface area contributed by atoms with Crippen LogP contribution in [0, 0.1) is 0 Å². The fraction of sp³-hybridized carbons (Fsp3) is 0.188. The van der Waals surface area contributed by atoms with Crippen LogP contribution in [0.3, 0.4) is 0 Å². The molecule has 0 saturated heterocycles. The molecule has 1 aromatic carbocycles. The highest BCUT2D eigenvalue weighted by atomic mass is 16.2. The summed E-state index contributed by atoms with van der Waals surface area (Å²) in [6.07, 6.45) is 3.40. The molecule has 5 nitrogen and oxygen atoms in total. The molecule has 2 aromatic rings. The van der Waals surface area contributed by atoms with Crippen LogP contribution in [0.25, 0.3) is 0 Å². The van der Waals surface area contributed by atoms with Crippen molar-refractivity contribution in [3.05, 3.63) is 59.9 Å². The van der Waals surface area contributed by atoms with Crippen molar-refractivity contribution in [3.63, 3.8) is 0 Å². The minimum absolute atomic E-state index is 0.0981. The highest BCUT2D eigenvalue weighted by Gasteiger charge is 2.12. The van der Waals surface area contributed by atoms with E-state index in [2.05, 4.69) is 10.3 Å². The zero-order valence-electron chi connectivity index (χ0n) is 12.0. The van der Waals surface area contributed by atoms with Gasteiger partial charge in [-0.1, -0.05) is 6.07 Å². The van der Waals surface area contributed by atoms with E-state index in [4.69, 9.17) is 0 Å². The number of carbonyl (C=O) groups is 2. The average Bonchev–Trinajstić information content (AvgIpc) is 2.47. The largest absolute Gasteiger partial charge is 0.337 e. The smallest absolute Gasteiger partial charge is 0.253 e. The van der Waals surface area contributed by atoms with Crippen LogP contribution < -0.4 is 5.32 Å². The van der Waals surface area contributed by atoms with E-state index < -0.39 is 0 Å². The van der Waals surface area contributed by atoms with E-state index in [1.165, 1.54) is 6.92 Å². The maximum atomic E-state index is 12.4. The molecule has 1 heterocycles. The number of benzene rings is 1. The zero-order chi connectivity index (χ0) is 15.2. The molecule has 0 aliphatic carbocycles. The van der Waals surface area contributed by atoms with Gasteiger partial charge in [0.15, 0.2) is 0 Å². The monoisotopic (exact) mass is 283 g/mol. The second kappa shape index (κ2) is 6.65. The number of nitrogens with one attached hydrogen (secondary N) is 1. The third-order valence-electron chi connectivity index (χ3n) is 2.95. The number of carbonyl (C=O) groups excluding carboxylic acids is 2. The lowest BCUT2D eigenvalue weighted by molar-refractivity contribution is -0.114. The minimum Gasteiger partial charge on any atom is -0.337 e. The van der Waals surface area contributed by atoms with Gasteiger partial charge >= 0.3 is 0 Å². The Hall–Kier alpha value is -2.69. The van der Waals surface area contributed by atoms with Gasteiger partial charge in [0.05, 0.1) is 0 Å². The first kappa shape index (κ1) is 14.7. The lowest BCUT2D eigenvalue weighted by Gasteiger charge is -2.17. The third kappa shape index (κ3) is 4.14. The normalized spacial score (nSPS) is 10.0. The first-order chi connectivity index (χ1) is 10.1. The van der Waals surface area contributed by atoms with Crippen LogP contribution in [0.5, 0.6) is 0 Å². The molecule has 2 amide bonds. The molecule has 1 N–H and O–H groups in total. The summed E-state index contributed by atoms with van der Waals surface area (Å²) in [7, 11) is 1.74. The molecule has 0 bridgehead atoms. The molecule has 0 unspecified atom stereocenters. The van der Waals surface area contributed by atoms with Crippen molar-refractivity contribution < 1.29 is 9.59 Å². The van der Waals surface area contributed by atoms with Crippen LogP contribution in [-0.2, 0) is 11.3 Å². The van der Waals surface area contributed by atoms with E-state index in [0.29, 0.717) is 17.8 Å². The molecule has 0 saturated carbocycles. The second-order valence-electron chi connectivity index (χ2n) is 4.78.